The molecule has 0 unspecified atom stereocenters. The average molecular weight is 251 g/mol. The molecular weight excluding hydrogens is 233 g/mol. The van der Waals surface area contributed by atoms with E-state index in [1.807, 2.05) is 0 Å². The zero-order valence-corrected chi connectivity index (χ0v) is 10.7. The van der Waals surface area contributed by atoms with E-state index in [4.69, 9.17) is 10.00 Å². The van der Waals surface area contributed by atoms with Gasteiger partial charge in [0, 0.05) is 0 Å². The molecule has 1 aromatic rings. The molecule has 0 N–H and O–H groups in total. The van der Waals surface area contributed by atoms with Gasteiger partial charge in [-0.25, -0.2) is 9.97 Å². The van der Waals surface area contributed by atoms with Gasteiger partial charge in [-0.2, -0.15) is 9.65 Å². The number of hydrogen-bond acceptors (Lipinski definition) is 4. The number of hydrogen-bond donors (Lipinski definition) is 0. The van der Waals surface area contributed by atoms with Gasteiger partial charge < -0.3 is 4.74 Å². The van der Waals surface area contributed by atoms with Crippen LogP contribution in [0.15, 0.2) is 6.20 Å². The number of unbranched alkanes of at least 4 members (excludes halogenated alkanes) is 5. The van der Waals surface area contributed by atoms with E-state index in [0.29, 0.717) is 6.61 Å². The van der Waals surface area contributed by atoms with Crippen molar-refractivity contribution in [3.05, 3.63) is 17.8 Å². The molecular formula is C13H18FN3O. The quantitative estimate of drug-likeness (QED) is 0.665. The number of aromatic nitrogens is 2. The molecule has 0 saturated heterocycles. The van der Waals surface area contributed by atoms with E-state index in [1.54, 1.807) is 6.07 Å². The Kier molecular flexibility index (Phi) is 6.70. The van der Waals surface area contributed by atoms with E-state index in [-0.39, 0.29) is 11.6 Å². The molecule has 0 spiro atoms. The van der Waals surface area contributed by atoms with Crippen molar-refractivity contribution in [1.82, 2.24) is 9.97 Å². The van der Waals surface area contributed by atoms with Crippen LogP contribution in [0, 0.1) is 17.3 Å². The zero-order valence-electron chi connectivity index (χ0n) is 10.7. The molecule has 18 heavy (non-hydrogen) atoms. The predicted octanol–water partition coefficient (Wildman–Crippen LogP) is 3.23. The van der Waals surface area contributed by atoms with E-state index < -0.39 is 5.95 Å². The molecule has 5 heteroatoms. The average Bonchev–Trinajstić information content (AvgIpc) is 2.39. The van der Waals surface area contributed by atoms with Gasteiger partial charge in [0.15, 0.2) is 0 Å². The minimum atomic E-state index is -0.765. The van der Waals surface area contributed by atoms with Crippen molar-refractivity contribution in [1.29, 1.82) is 5.26 Å². The third kappa shape index (κ3) is 5.09. The van der Waals surface area contributed by atoms with Crippen LogP contribution in [0.1, 0.15) is 51.1 Å². The number of nitriles is 1. The summed E-state index contributed by atoms with van der Waals surface area (Å²) in [5.41, 5.74) is -0.0963. The molecule has 0 fully saturated rings. The summed E-state index contributed by atoms with van der Waals surface area (Å²) in [6, 6.07) is 1.77. The largest absolute Gasteiger partial charge is 0.476 e. The van der Waals surface area contributed by atoms with E-state index in [1.165, 1.54) is 25.7 Å². The van der Waals surface area contributed by atoms with Crippen LogP contribution in [0.4, 0.5) is 4.39 Å². The second kappa shape index (κ2) is 8.40. The van der Waals surface area contributed by atoms with Crippen molar-refractivity contribution in [2.75, 3.05) is 6.61 Å². The van der Waals surface area contributed by atoms with Gasteiger partial charge in [-0.15, -0.1) is 0 Å². The molecule has 4 nitrogen and oxygen atoms in total. The molecule has 0 aliphatic rings. The van der Waals surface area contributed by atoms with Crippen molar-refractivity contribution < 1.29 is 9.13 Å². The smallest absolute Gasteiger partial charge is 0.251 e. The van der Waals surface area contributed by atoms with E-state index in [9.17, 15) is 4.39 Å². The first-order valence-corrected chi connectivity index (χ1v) is 6.33. The standard InChI is InChI=1S/C13H18FN3O/c1-2-3-4-5-6-7-8-18-13-11(9-15)17-12(14)10-16-13/h10H,2-8H2,1H3. The van der Waals surface area contributed by atoms with Crippen LogP contribution in [0.25, 0.3) is 0 Å². The van der Waals surface area contributed by atoms with E-state index in [2.05, 4.69) is 16.9 Å². The Morgan fingerprint density at radius 2 is 2.00 bits per heavy atom. The fourth-order valence-corrected chi connectivity index (χ4v) is 1.59. The number of nitrogens with zero attached hydrogens (tertiary/aromatic N) is 3. The van der Waals surface area contributed by atoms with Crippen molar-refractivity contribution >= 4 is 0 Å². The summed E-state index contributed by atoms with van der Waals surface area (Å²) in [7, 11) is 0. The van der Waals surface area contributed by atoms with Gasteiger partial charge in [-0.1, -0.05) is 39.0 Å². The number of halogens is 1. The topological polar surface area (TPSA) is 58.8 Å². The monoisotopic (exact) mass is 251 g/mol. The van der Waals surface area contributed by atoms with Crippen LogP contribution in [0.5, 0.6) is 5.88 Å². The molecule has 0 bridgehead atoms. The molecule has 1 heterocycles. The van der Waals surface area contributed by atoms with Crippen LogP contribution in [0.2, 0.25) is 0 Å². The Morgan fingerprint density at radius 3 is 2.72 bits per heavy atom. The summed E-state index contributed by atoms with van der Waals surface area (Å²) in [5, 5.41) is 8.74. The van der Waals surface area contributed by atoms with Crippen molar-refractivity contribution in [3.8, 4) is 11.9 Å². The summed E-state index contributed by atoms with van der Waals surface area (Å²) in [5.74, 6) is -0.647. The maximum atomic E-state index is 12.7. The normalized spacial score (nSPS) is 10.1. The van der Waals surface area contributed by atoms with Gasteiger partial charge in [0.05, 0.1) is 12.8 Å². The van der Waals surface area contributed by atoms with Gasteiger partial charge in [-0.3, -0.25) is 0 Å². The lowest BCUT2D eigenvalue weighted by atomic mass is 10.1. The summed E-state index contributed by atoms with van der Waals surface area (Å²) < 4.78 is 18.0. The van der Waals surface area contributed by atoms with Crippen molar-refractivity contribution in [3.63, 3.8) is 0 Å². The third-order valence-corrected chi connectivity index (χ3v) is 2.55. The highest BCUT2D eigenvalue weighted by molar-refractivity contribution is 5.30. The summed E-state index contributed by atoms with van der Waals surface area (Å²) >= 11 is 0. The lowest BCUT2D eigenvalue weighted by molar-refractivity contribution is 0.289. The first-order chi connectivity index (χ1) is 8.77. The van der Waals surface area contributed by atoms with E-state index in [0.717, 1.165) is 19.0 Å². The van der Waals surface area contributed by atoms with Crippen molar-refractivity contribution in [2.45, 2.75) is 45.4 Å². The van der Waals surface area contributed by atoms with Crippen LogP contribution in [-0.2, 0) is 0 Å². The fourth-order valence-electron chi connectivity index (χ4n) is 1.59. The molecule has 0 aliphatic carbocycles. The van der Waals surface area contributed by atoms with Crippen LogP contribution < -0.4 is 4.74 Å². The van der Waals surface area contributed by atoms with Gasteiger partial charge in [0.1, 0.15) is 6.07 Å². The fraction of sp³-hybridized carbons (Fsp3) is 0.615. The third-order valence-electron chi connectivity index (χ3n) is 2.55. The lowest BCUT2D eigenvalue weighted by Crippen LogP contribution is -2.03. The Morgan fingerprint density at radius 1 is 1.28 bits per heavy atom. The highest BCUT2D eigenvalue weighted by Crippen LogP contribution is 2.12. The molecule has 0 atom stereocenters. The Hall–Kier alpha value is -1.70. The van der Waals surface area contributed by atoms with Crippen LogP contribution in [0.3, 0.4) is 0 Å². The minimum absolute atomic E-state index is 0.0963. The van der Waals surface area contributed by atoms with Crippen LogP contribution >= 0.6 is 0 Å². The first kappa shape index (κ1) is 14.4. The highest BCUT2D eigenvalue weighted by Gasteiger charge is 2.07. The lowest BCUT2D eigenvalue weighted by Gasteiger charge is -2.05. The Balaban J connectivity index is 2.25. The Bertz CT molecular complexity index is 404. The molecule has 0 radical (unpaired) electrons. The minimum Gasteiger partial charge on any atom is -0.476 e. The van der Waals surface area contributed by atoms with Crippen molar-refractivity contribution in [2.24, 2.45) is 0 Å². The highest BCUT2D eigenvalue weighted by atomic mass is 19.1. The predicted molar refractivity (Wildman–Crippen MR) is 65.6 cm³/mol. The molecule has 0 saturated carbocycles. The summed E-state index contributed by atoms with van der Waals surface area (Å²) in [6.07, 6.45) is 7.89. The summed E-state index contributed by atoms with van der Waals surface area (Å²) in [4.78, 5) is 7.13. The number of rotatable bonds is 8. The van der Waals surface area contributed by atoms with E-state index >= 15 is 0 Å². The van der Waals surface area contributed by atoms with Gasteiger partial charge in [-0.05, 0) is 6.42 Å². The zero-order chi connectivity index (χ0) is 13.2. The SMILES string of the molecule is CCCCCCCCOc1ncc(F)nc1C#N. The second-order valence-corrected chi connectivity index (χ2v) is 4.07. The van der Waals surface area contributed by atoms with Gasteiger partial charge in [0.25, 0.3) is 5.88 Å². The van der Waals surface area contributed by atoms with Gasteiger partial charge >= 0.3 is 0 Å². The van der Waals surface area contributed by atoms with Gasteiger partial charge in [0.2, 0.25) is 11.6 Å². The number of ether oxygens (including phenoxy) is 1. The molecule has 0 aromatic carbocycles. The maximum absolute atomic E-state index is 12.7. The van der Waals surface area contributed by atoms with Crippen LogP contribution in [-0.4, -0.2) is 16.6 Å². The first-order valence-electron chi connectivity index (χ1n) is 6.33. The molecule has 1 aromatic heterocycles. The molecule has 1 rings (SSSR count). The molecule has 0 amide bonds. The molecule has 0 aliphatic heterocycles. The Labute approximate surface area is 107 Å². The molecule has 98 valence electrons. The summed E-state index contributed by atoms with van der Waals surface area (Å²) in [6.45, 7) is 2.67. The maximum Gasteiger partial charge on any atom is 0.251 e. The second-order valence-electron chi connectivity index (χ2n) is 4.07.